The summed E-state index contributed by atoms with van der Waals surface area (Å²) in [6.45, 7) is 2.02. The van der Waals surface area contributed by atoms with Gasteiger partial charge in [0.1, 0.15) is 11.5 Å². The van der Waals surface area contributed by atoms with Gasteiger partial charge in [0, 0.05) is 6.42 Å². The van der Waals surface area contributed by atoms with Crippen molar-refractivity contribution in [3.05, 3.63) is 71.8 Å². The van der Waals surface area contributed by atoms with Crippen LogP contribution in [0.3, 0.4) is 0 Å². The molecule has 0 bridgehead atoms. The highest BCUT2D eigenvalue weighted by atomic mass is 16.5. The van der Waals surface area contributed by atoms with Crippen molar-refractivity contribution in [1.29, 1.82) is 0 Å². The maximum absolute atomic E-state index is 12.5. The molecule has 140 valence electrons. The molecule has 3 aromatic rings. The lowest BCUT2D eigenvalue weighted by molar-refractivity contribution is -0.121. The second kappa shape index (κ2) is 8.58. The SMILES string of the molecule is COc1ccc(OC)c(CCC(=O)NC(C)c2cccc3ccccc23)c1. The first kappa shape index (κ1) is 18.8. The second-order valence-electron chi connectivity index (χ2n) is 6.54. The highest BCUT2D eigenvalue weighted by molar-refractivity contribution is 5.87. The smallest absolute Gasteiger partial charge is 0.220 e. The number of carbonyl (C=O) groups excluding carboxylic acids is 1. The number of methoxy groups -OCH3 is 2. The van der Waals surface area contributed by atoms with Crippen molar-refractivity contribution in [1.82, 2.24) is 5.32 Å². The topological polar surface area (TPSA) is 47.6 Å². The molecule has 1 amide bonds. The van der Waals surface area contributed by atoms with Gasteiger partial charge in [-0.25, -0.2) is 0 Å². The quantitative estimate of drug-likeness (QED) is 0.664. The first-order chi connectivity index (χ1) is 13.1. The Balaban J connectivity index is 1.67. The van der Waals surface area contributed by atoms with E-state index in [-0.39, 0.29) is 11.9 Å². The van der Waals surface area contributed by atoms with Gasteiger partial charge in [-0.05, 0) is 53.4 Å². The maximum atomic E-state index is 12.5. The number of benzene rings is 3. The molecule has 0 aliphatic rings. The zero-order valence-electron chi connectivity index (χ0n) is 16.0. The molecule has 0 aromatic heterocycles. The number of nitrogens with one attached hydrogen (secondary N) is 1. The zero-order chi connectivity index (χ0) is 19.2. The minimum absolute atomic E-state index is 0.0142. The summed E-state index contributed by atoms with van der Waals surface area (Å²) in [6, 6.07) is 20.0. The molecule has 0 aliphatic heterocycles. The van der Waals surface area contributed by atoms with E-state index < -0.39 is 0 Å². The van der Waals surface area contributed by atoms with E-state index in [4.69, 9.17) is 9.47 Å². The summed E-state index contributed by atoms with van der Waals surface area (Å²) in [5.41, 5.74) is 2.09. The summed E-state index contributed by atoms with van der Waals surface area (Å²) in [5.74, 6) is 1.54. The van der Waals surface area contributed by atoms with Crippen molar-refractivity contribution < 1.29 is 14.3 Å². The molecule has 4 nitrogen and oxygen atoms in total. The summed E-state index contributed by atoms with van der Waals surface area (Å²) >= 11 is 0. The number of aryl methyl sites for hydroxylation is 1. The third-order valence-electron chi connectivity index (χ3n) is 4.78. The maximum Gasteiger partial charge on any atom is 0.220 e. The molecule has 0 radical (unpaired) electrons. The molecule has 0 saturated heterocycles. The first-order valence-electron chi connectivity index (χ1n) is 9.10. The van der Waals surface area contributed by atoms with Crippen molar-refractivity contribution in [3.8, 4) is 11.5 Å². The van der Waals surface area contributed by atoms with E-state index in [0.29, 0.717) is 12.8 Å². The van der Waals surface area contributed by atoms with Crippen LogP contribution < -0.4 is 14.8 Å². The van der Waals surface area contributed by atoms with Gasteiger partial charge >= 0.3 is 0 Å². The zero-order valence-corrected chi connectivity index (χ0v) is 16.0. The van der Waals surface area contributed by atoms with Gasteiger partial charge in [0.2, 0.25) is 5.91 Å². The van der Waals surface area contributed by atoms with Crippen molar-refractivity contribution in [2.45, 2.75) is 25.8 Å². The van der Waals surface area contributed by atoms with E-state index in [1.807, 2.05) is 43.3 Å². The Bertz CT molecular complexity index is 931. The summed E-state index contributed by atoms with van der Waals surface area (Å²) < 4.78 is 10.7. The number of ether oxygens (including phenoxy) is 2. The van der Waals surface area contributed by atoms with E-state index in [1.165, 1.54) is 10.8 Å². The largest absolute Gasteiger partial charge is 0.497 e. The van der Waals surface area contributed by atoms with Crippen LogP contribution in [0.15, 0.2) is 60.7 Å². The highest BCUT2D eigenvalue weighted by Gasteiger charge is 2.13. The molecule has 1 N–H and O–H groups in total. The molecular weight excluding hydrogens is 338 g/mol. The van der Waals surface area contributed by atoms with E-state index in [9.17, 15) is 4.79 Å². The lowest BCUT2D eigenvalue weighted by Gasteiger charge is -2.17. The number of hydrogen-bond donors (Lipinski definition) is 1. The number of amides is 1. The third kappa shape index (κ3) is 4.40. The molecule has 1 atom stereocenters. The average Bonchev–Trinajstić information content (AvgIpc) is 2.71. The van der Waals surface area contributed by atoms with Crippen LogP contribution in [0.25, 0.3) is 10.8 Å². The van der Waals surface area contributed by atoms with E-state index in [1.54, 1.807) is 14.2 Å². The van der Waals surface area contributed by atoms with Gasteiger partial charge < -0.3 is 14.8 Å². The lowest BCUT2D eigenvalue weighted by atomic mass is 9.99. The lowest BCUT2D eigenvalue weighted by Crippen LogP contribution is -2.27. The highest BCUT2D eigenvalue weighted by Crippen LogP contribution is 2.26. The molecule has 0 spiro atoms. The van der Waals surface area contributed by atoms with Crippen LogP contribution in [-0.4, -0.2) is 20.1 Å². The molecule has 4 heteroatoms. The van der Waals surface area contributed by atoms with Crippen LogP contribution in [0.5, 0.6) is 11.5 Å². The molecule has 1 unspecified atom stereocenters. The second-order valence-corrected chi connectivity index (χ2v) is 6.54. The van der Waals surface area contributed by atoms with Crippen LogP contribution in [0.1, 0.15) is 30.5 Å². The minimum Gasteiger partial charge on any atom is -0.497 e. The van der Waals surface area contributed by atoms with Crippen molar-refractivity contribution >= 4 is 16.7 Å². The number of hydrogen-bond acceptors (Lipinski definition) is 3. The molecule has 0 fully saturated rings. The Kier molecular flexibility index (Phi) is 5.97. The number of carbonyl (C=O) groups is 1. The molecular formula is C23H25NO3. The third-order valence-corrected chi connectivity index (χ3v) is 4.78. The molecule has 3 aromatic carbocycles. The Labute approximate surface area is 160 Å². The molecule has 3 rings (SSSR count). The van der Waals surface area contributed by atoms with Crippen LogP contribution in [0.4, 0.5) is 0 Å². The Morgan fingerprint density at radius 3 is 2.56 bits per heavy atom. The predicted molar refractivity (Wildman–Crippen MR) is 108 cm³/mol. The Morgan fingerprint density at radius 1 is 1.00 bits per heavy atom. The van der Waals surface area contributed by atoms with Gasteiger partial charge in [-0.3, -0.25) is 4.79 Å². The summed E-state index contributed by atoms with van der Waals surface area (Å²) in [4.78, 5) is 12.5. The Hall–Kier alpha value is -3.01. The summed E-state index contributed by atoms with van der Waals surface area (Å²) in [5, 5.41) is 5.46. The van der Waals surface area contributed by atoms with Crippen molar-refractivity contribution in [2.24, 2.45) is 0 Å². The van der Waals surface area contributed by atoms with Gasteiger partial charge in [0.05, 0.1) is 20.3 Å². The fourth-order valence-corrected chi connectivity index (χ4v) is 3.34. The van der Waals surface area contributed by atoms with E-state index >= 15 is 0 Å². The fourth-order valence-electron chi connectivity index (χ4n) is 3.34. The minimum atomic E-state index is -0.0594. The molecule has 0 saturated carbocycles. The van der Waals surface area contributed by atoms with Crippen LogP contribution >= 0.6 is 0 Å². The number of rotatable bonds is 7. The summed E-state index contributed by atoms with van der Waals surface area (Å²) in [7, 11) is 3.26. The molecule has 0 heterocycles. The molecule has 0 aliphatic carbocycles. The van der Waals surface area contributed by atoms with E-state index in [2.05, 4.69) is 29.6 Å². The average molecular weight is 363 g/mol. The van der Waals surface area contributed by atoms with Crippen LogP contribution in [0, 0.1) is 0 Å². The normalized spacial score (nSPS) is 11.8. The number of fused-ring (bicyclic) bond motifs is 1. The summed E-state index contributed by atoms with van der Waals surface area (Å²) in [6.07, 6.45) is 0.979. The van der Waals surface area contributed by atoms with E-state index in [0.717, 1.165) is 22.6 Å². The van der Waals surface area contributed by atoms with Crippen molar-refractivity contribution in [3.63, 3.8) is 0 Å². The van der Waals surface area contributed by atoms with Crippen LogP contribution in [-0.2, 0) is 11.2 Å². The Morgan fingerprint density at radius 2 is 1.78 bits per heavy atom. The van der Waals surface area contributed by atoms with Gasteiger partial charge in [-0.15, -0.1) is 0 Å². The van der Waals surface area contributed by atoms with Gasteiger partial charge in [-0.1, -0.05) is 42.5 Å². The van der Waals surface area contributed by atoms with Crippen molar-refractivity contribution in [2.75, 3.05) is 14.2 Å². The monoisotopic (exact) mass is 363 g/mol. The predicted octanol–water partition coefficient (Wildman–Crippen LogP) is 4.67. The van der Waals surface area contributed by atoms with Gasteiger partial charge in [0.15, 0.2) is 0 Å². The first-order valence-corrected chi connectivity index (χ1v) is 9.10. The van der Waals surface area contributed by atoms with Crippen LogP contribution in [0.2, 0.25) is 0 Å². The van der Waals surface area contributed by atoms with Gasteiger partial charge in [0.25, 0.3) is 0 Å². The standard InChI is InChI=1S/C23H25NO3/c1-16(20-10-6-8-17-7-4-5-9-21(17)20)24-23(25)14-11-18-15-19(26-2)12-13-22(18)27-3/h4-10,12-13,15-16H,11,14H2,1-3H3,(H,24,25). The van der Waals surface area contributed by atoms with Gasteiger partial charge in [-0.2, -0.15) is 0 Å². The fraction of sp³-hybridized carbons (Fsp3) is 0.261. The molecule has 27 heavy (non-hydrogen) atoms.